The molecule has 0 amide bonds. The van der Waals surface area contributed by atoms with Gasteiger partial charge >= 0.3 is 5.97 Å². The van der Waals surface area contributed by atoms with Gasteiger partial charge in [-0.2, -0.15) is 0 Å². The van der Waals surface area contributed by atoms with Crippen LogP contribution in [0, 0.1) is 22.7 Å². The van der Waals surface area contributed by atoms with Crippen LogP contribution in [0.5, 0.6) is 0 Å². The molecule has 0 bridgehead atoms. The Labute approximate surface area is 146 Å². The predicted octanol–water partition coefficient (Wildman–Crippen LogP) is 3.76. The van der Waals surface area contributed by atoms with Crippen LogP contribution < -0.4 is 0 Å². The molecule has 2 aliphatic carbocycles. The number of hydrogen-bond donors (Lipinski definition) is 3. The van der Waals surface area contributed by atoms with E-state index in [0.717, 1.165) is 44.1 Å². The number of aliphatic hydroxyl groups is 2. The Morgan fingerprint density at radius 1 is 1.21 bits per heavy atom. The number of hydrogen-bond acceptors (Lipinski definition) is 3. The van der Waals surface area contributed by atoms with Crippen molar-refractivity contribution in [2.24, 2.45) is 22.7 Å². The summed E-state index contributed by atoms with van der Waals surface area (Å²) in [4.78, 5) is 10.8. The molecule has 4 nitrogen and oxygen atoms in total. The maximum Gasteiger partial charge on any atom is 0.328 e. The molecule has 0 aromatic heterocycles. The van der Waals surface area contributed by atoms with Crippen molar-refractivity contribution in [1.29, 1.82) is 0 Å². The van der Waals surface area contributed by atoms with Crippen LogP contribution in [0.2, 0.25) is 0 Å². The third kappa shape index (κ3) is 3.55. The van der Waals surface area contributed by atoms with Crippen molar-refractivity contribution in [2.75, 3.05) is 6.61 Å². The first-order valence-corrected chi connectivity index (χ1v) is 9.28. The predicted molar refractivity (Wildman–Crippen MR) is 94.6 cm³/mol. The lowest BCUT2D eigenvalue weighted by Gasteiger charge is -2.61. The van der Waals surface area contributed by atoms with Crippen molar-refractivity contribution in [3.8, 4) is 0 Å². The minimum atomic E-state index is -0.905. The van der Waals surface area contributed by atoms with Gasteiger partial charge < -0.3 is 15.3 Å². The highest BCUT2D eigenvalue weighted by molar-refractivity contribution is 5.80. The minimum absolute atomic E-state index is 0.000976. The number of rotatable bonds is 5. The zero-order chi connectivity index (χ0) is 18.2. The van der Waals surface area contributed by atoms with Gasteiger partial charge in [-0.1, -0.05) is 25.8 Å². The smallest absolute Gasteiger partial charge is 0.328 e. The van der Waals surface area contributed by atoms with Gasteiger partial charge in [-0.15, -0.1) is 0 Å². The number of carbonyl (C=O) groups is 1. The van der Waals surface area contributed by atoms with Gasteiger partial charge in [0.2, 0.25) is 0 Å². The summed E-state index contributed by atoms with van der Waals surface area (Å²) in [6.07, 6.45) is 7.71. The molecule has 2 saturated carbocycles. The summed E-state index contributed by atoms with van der Waals surface area (Å²) in [7, 11) is 0. The fraction of sp³-hybridized carbons (Fsp3) is 0.850. The van der Waals surface area contributed by atoms with Gasteiger partial charge in [0.25, 0.3) is 0 Å². The first-order valence-electron chi connectivity index (χ1n) is 9.28. The van der Waals surface area contributed by atoms with E-state index in [2.05, 4.69) is 13.8 Å². The molecular formula is C20H34O4. The lowest BCUT2D eigenvalue weighted by atomic mass is 9.45. The SMILES string of the molecule is C/C(=C\C(=O)O)CC[C@@H]1[C@@]2(C)CCC[C@@](C)(CO)C2CC[C@@]1(C)O. The molecule has 2 fully saturated rings. The van der Waals surface area contributed by atoms with E-state index in [1.165, 1.54) is 6.08 Å². The van der Waals surface area contributed by atoms with E-state index in [0.29, 0.717) is 12.3 Å². The number of fused-ring (bicyclic) bond motifs is 1. The molecule has 0 saturated heterocycles. The van der Waals surface area contributed by atoms with Gasteiger partial charge in [0.05, 0.1) is 5.60 Å². The van der Waals surface area contributed by atoms with Crippen LogP contribution in [-0.4, -0.2) is 33.5 Å². The topological polar surface area (TPSA) is 77.8 Å². The molecule has 138 valence electrons. The highest BCUT2D eigenvalue weighted by Gasteiger charge is 2.58. The number of carboxylic acid groups (broad SMARTS) is 1. The molecule has 24 heavy (non-hydrogen) atoms. The normalized spacial score (nSPS) is 43.3. The fourth-order valence-electron chi connectivity index (χ4n) is 5.92. The average molecular weight is 338 g/mol. The Hall–Kier alpha value is -0.870. The van der Waals surface area contributed by atoms with Gasteiger partial charge in [-0.25, -0.2) is 4.79 Å². The van der Waals surface area contributed by atoms with Crippen LogP contribution >= 0.6 is 0 Å². The van der Waals surface area contributed by atoms with E-state index in [4.69, 9.17) is 5.11 Å². The second-order valence-corrected chi connectivity index (χ2v) is 9.04. The van der Waals surface area contributed by atoms with Crippen molar-refractivity contribution < 1.29 is 20.1 Å². The summed E-state index contributed by atoms with van der Waals surface area (Å²) < 4.78 is 0. The molecule has 2 aliphatic rings. The molecular weight excluding hydrogens is 304 g/mol. The number of aliphatic hydroxyl groups excluding tert-OH is 1. The summed E-state index contributed by atoms with van der Waals surface area (Å²) in [6.45, 7) is 8.49. The average Bonchev–Trinajstić information content (AvgIpc) is 2.44. The number of carboxylic acids is 1. The second kappa shape index (κ2) is 6.80. The maximum atomic E-state index is 11.1. The van der Waals surface area contributed by atoms with Gasteiger partial charge in [0.1, 0.15) is 0 Å². The molecule has 0 radical (unpaired) electrons. The zero-order valence-electron chi connectivity index (χ0n) is 15.6. The van der Waals surface area contributed by atoms with Crippen molar-refractivity contribution >= 4 is 5.97 Å². The first kappa shape index (κ1) is 19.5. The summed E-state index contributed by atoms with van der Waals surface area (Å²) in [5.74, 6) is -0.359. The lowest BCUT2D eigenvalue weighted by molar-refractivity contribution is -0.179. The van der Waals surface area contributed by atoms with Crippen LogP contribution in [0.3, 0.4) is 0 Å². The standard InChI is InChI=1S/C20H34O4/c1-14(12-17(22)23)6-7-16-19(3)10-5-9-18(2,13-21)15(19)8-11-20(16,4)24/h12,15-16,21,24H,5-11,13H2,1-4H3,(H,22,23)/b14-12+/t15?,16-,18+,19+,20-/m1/s1. The molecule has 0 aromatic carbocycles. The maximum absolute atomic E-state index is 11.1. The molecule has 1 unspecified atom stereocenters. The van der Waals surface area contributed by atoms with Crippen LogP contribution in [0.25, 0.3) is 0 Å². The Bertz CT molecular complexity index is 510. The first-order chi connectivity index (χ1) is 11.0. The largest absolute Gasteiger partial charge is 0.478 e. The van der Waals surface area contributed by atoms with Crippen molar-refractivity contribution in [3.63, 3.8) is 0 Å². The molecule has 2 rings (SSSR count). The fourth-order valence-corrected chi connectivity index (χ4v) is 5.92. The molecule has 0 spiro atoms. The van der Waals surface area contributed by atoms with E-state index in [9.17, 15) is 15.0 Å². The van der Waals surface area contributed by atoms with Gasteiger partial charge in [-0.05, 0) is 75.0 Å². The second-order valence-electron chi connectivity index (χ2n) is 9.04. The third-order valence-corrected chi connectivity index (χ3v) is 7.14. The van der Waals surface area contributed by atoms with Crippen molar-refractivity contribution in [2.45, 2.75) is 78.2 Å². The summed E-state index contributed by atoms with van der Waals surface area (Å²) >= 11 is 0. The van der Waals surface area contributed by atoms with E-state index in [-0.39, 0.29) is 23.4 Å². The van der Waals surface area contributed by atoms with Crippen molar-refractivity contribution in [3.05, 3.63) is 11.6 Å². The van der Waals surface area contributed by atoms with Gasteiger partial charge in [-0.3, -0.25) is 0 Å². The Morgan fingerprint density at radius 3 is 2.46 bits per heavy atom. The van der Waals surface area contributed by atoms with E-state index < -0.39 is 11.6 Å². The molecule has 0 aromatic rings. The lowest BCUT2D eigenvalue weighted by Crippen LogP contribution is -2.58. The van der Waals surface area contributed by atoms with Crippen LogP contribution in [0.1, 0.15) is 72.6 Å². The molecule has 0 heterocycles. The monoisotopic (exact) mass is 338 g/mol. The number of allylic oxidation sites excluding steroid dienone is 1. The van der Waals surface area contributed by atoms with E-state index in [1.807, 2.05) is 13.8 Å². The van der Waals surface area contributed by atoms with Crippen molar-refractivity contribution in [1.82, 2.24) is 0 Å². The zero-order valence-corrected chi connectivity index (χ0v) is 15.6. The molecule has 4 heteroatoms. The molecule has 0 aliphatic heterocycles. The summed E-state index contributed by atoms with van der Waals surface area (Å²) in [6, 6.07) is 0. The van der Waals surface area contributed by atoms with Crippen LogP contribution in [-0.2, 0) is 4.79 Å². The van der Waals surface area contributed by atoms with Gasteiger partial charge in [0, 0.05) is 12.7 Å². The Morgan fingerprint density at radius 2 is 1.88 bits per heavy atom. The van der Waals surface area contributed by atoms with E-state index >= 15 is 0 Å². The van der Waals surface area contributed by atoms with Crippen LogP contribution in [0.15, 0.2) is 11.6 Å². The quantitative estimate of drug-likeness (QED) is 0.667. The van der Waals surface area contributed by atoms with Crippen LogP contribution in [0.4, 0.5) is 0 Å². The summed E-state index contributed by atoms with van der Waals surface area (Å²) in [5.41, 5.74) is 0.0710. The third-order valence-electron chi connectivity index (χ3n) is 7.14. The highest BCUT2D eigenvalue weighted by Crippen LogP contribution is 2.62. The number of aliphatic carboxylic acids is 1. The van der Waals surface area contributed by atoms with E-state index in [1.54, 1.807) is 0 Å². The summed E-state index contributed by atoms with van der Waals surface area (Å²) in [5, 5.41) is 30.0. The molecule has 5 atom stereocenters. The molecule has 3 N–H and O–H groups in total. The highest BCUT2D eigenvalue weighted by atomic mass is 16.4. The van der Waals surface area contributed by atoms with Gasteiger partial charge in [0.15, 0.2) is 0 Å². The Balaban J connectivity index is 2.27. The Kier molecular flexibility index (Phi) is 5.51. The minimum Gasteiger partial charge on any atom is -0.478 e.